The van der Waals surface area contributed by atoms with Crippen molar-refractivity contribution in [3.8, 4) is 0 Å². The summed E-state index contributed by atoms with van der Waals surface area (Å²) in [6.45, 7) is 2.53. The number of ether oxygens (including phenoxy) is 4. The molecular weight excluding hydrogens is 172 g/mol. The van der Waals surface area contributed by atoms with Crippen LogP contribution >= 0.6 is 0 Å². The van der Waals surface area contributed by atoms with Crippen molar-refractivity contribution in [2.45, 2.75) is 31.3 Å². The summed E-state index contributed by atoms with van der Waals surface area (Å²) in [5.74, 6) is 0. The number of hydrogen-bond donors (Lipinski definition) is 0. The first-order chi connectivity index (χ1) is 6.24. The lowest BCUT2D eigenvalue weighted by Crippen LogP contribution is -2.37. The molecular formula is C9H18O4. The molecule has 1 aliphatic heterocycles. The Bertz CT molecular complexity index is 151. The maximum absolute atomic E-state index is 5.63. The van der Waals surface area contributed by atoms with Crippen LogP contribution in [0.2, 0.25) is 0 Å². The zero-order chi connectivity index (χ0) is 9.84. The minimum atomic E-state index is -0.0278. The van der Waals surface area contributed by atoms with Crippen molar-refractivity contribution in [1.29, 1.82) is 0 Å². The molecule has 0 radical (unpaired) electrons. The van der Waals surface area contributed by atoms with Gasteiger partial charge in [-0.3, -0.25) is 0 Å². The third-order valence-corrected chi connectivity index (χ3v) is 2.42. The topological polar surface area (TPSA) is 36.9 Å². The Morgan fingerprint density at radius 1 is 1.08 bits per heavy atom. The van der Waals surface area contributed by atoms with E-state index >= 15 is 0 Å². The zero-order valence-electron chi connectivity index (χ0n) is 8.65. The van der Waals surface area contributed by atoms with Crippen LogP contribution in [0.15, 0.2) is 0 Å². The molecule has 1 heterocycles. The minimum absolute atomic E-state index is 0.00477. The average molecular weight is 190 g/mol. The quantitative estimate of drug-likeness (QED) is 0.645. The smallest absolute Gasteiger partial charge is 0.114 e. The van der Waals surface area contributed by atoms with Gasteiger partial charge in [-0.05, 0) is 6.92 Å². The van der Waals surface area contributed by atoms with E-state index < -0.39 is 0 Å². The molecule has 0 spiro atoms. The Morgan fingerprint density at radius 2 is 1.69 bits per heavy atom. The van der Waals surface area contributed by atoms with Gasteiger partial charge >= 0.3 is 0 Å². The first kappa shape index (κ1) is 10.9. The third-order valence-electron chi connectivity index (χ3n) is 2.42. The monoisotopic (exact) mass is 190 g/mol. The molecule has 1 fully saturated rings. The predicted octanol–water partition coefficient (Wildman–Crippen LogP) is 0.450. The number of rotatable bonds is 4. The van der Waals surface area contributed by atoms with Gasteiger partial charge in [-0.25, -0.2) is 0 Å². The van der Waals surface area contributed by atoms with Gasteiger partial charge in [0.25, 0.3) is 0 Å². The molecule has 0 bridgehead atoms. The molecule has 0 aliphatic carbocycles. The van der Waals surface area contributed by atoms with Crippen molar-refractivity contribution in [2.75, 3.05) is 27.9 Å². The molecule has 4 atom stereocenters. The maximum atomic E-state index is 5.63. The van der Waals surface area contributed by atoms with Gasteiger partial charge in [0.1, 0.15) is 18.3 Å². The summed E-state index contributed by atoms with van der Waals surface area (Å²) in [6.07, 6.45) is 0.0233. The summed E-state index contributed by atoms with van der Waals surface area (Å²) in [7, 11) is 4.99. The molecule has 0 saturated carbocycles. The second kappa shape index (κ2) is 4.91. The van der Waals surface area contributed by atoms with Crippen LogP contribution in [0.4, 0.5) is 0 Å². The van der Waals surface area contributed by atoms with Gasteiger partial charge in [0.2, 0.25) is 0 Å². The van der Waals surface area contributed by atoms with Crippen LogP contribution in [-0.2, 0) is 18.9 Å². The van der Waals surface area contributed by atoms with Gasteiger partial charge in [-0.2, -0.15) is 0 Å². The predicted molar refractivity (Wildman–Crippen MR) is 47.8 cm³/mol. The molecule has 13 heavy (non-hydrogen) atoms. The largest absolute Gasteiger partial charge is 0.382 e. The van der Waals surface area contributed by atoms with E-state index in [0.29, 0.717) is 6.61 Å². The highest BCUT2D eigenvalue weighted by molar-refractivity contribution is 4.90. The van der Waals surface area contributed by atoms with Gasteiger partial charge in [-0.1, -0.05) is 0 Å². The molecule has 0 N–H and O–H groups in total. The summed E-state index contributed by atoms with van der Waals surface area (Å²) in [5, 5.41) is 0. The van der Waals surface area contributed by atoms with Crippen molar-refractivity contribution in [3.05, 3.63) is 0 Å². The van der Waals surface area contributed by atoms with Crippen LogP contribution in [0.5, 0.6) is 0 Å². The lowest BCUT2D eigenvalue weighted by Gasteiger charge is -2.20. The minimum Gasteiger partial charge on any atom is -0.382 e. The van der Waals surface area contributed by atoms with Crippen LogP contribution in [0.25, 0.3) is 0 Å². The molecule has 0 amide bonds. The molecule has 0 aromatic rings. The van der Waals surface area contributed by atoms with E-state index in [9.17, 15) is 0 Å². The summed E-state index contributed by atoms with van der Waals surface area (Å²) in [5.41, 5.74) is 0. The molecule has 1 unspecified atom stereocenters. The Kier molecular flexibility index (Phi) is 4.12. The fourth-order valence-corrected chi connectivity index (χ4v) is 1.82. The molecule has 0 aromatic heterocycles. The Hall–Kier alpha value is -0.160. The van der Waals surface area contributed by atoms with Crippen LogP contribution < -0.4 is 0 Å². The lowest BCUT2D eigenvalue weighted by atomic mass is 10.1. The van der Waals surface area contributed by atoms with Crippen LogP contribution in [-0.4, -0.2) is 52.4 Å². The van der Waals surface area contributed by atoms with Crippen molar-refractivity contribution in [3.63, 3.8) is 0 Å². The van der Waals surface area contributed by atoms with E-state index in [1.165, 1.54) is 0 Å². The molecule has 4 nitrogen and oxygen atoms in total. The SMILES string of the molecule is COCC1O[C@@H](C)[C@H](OC)[C@@H]1OC. The lowest BCUT2D eigenvalue weighted by molar-refractivity contribution is -0.0471. The summed E-state index contributed by atoms with van der Waals surface area (Å²) < 4.78 is 21.3. The second-order valence-electron chi connectivity index (χ2n) is 3.24. The average Bonchev–Trinajstić information content (AvgIpc) is 2.41. The van der Waals surface area contributed by atoms with E-state index in [-0.39, 0.29) is 24.4 Å². The van der Waals surface area contributed by atoms with Gasteiger partial charge in [-0.15, -0.1) is 0 Å². The fraction of sp³-hybridized carbons (Fsp3) is 1.00. The highest BCUT2D eigenvalue weighted by Gasteiger charge is 2.42. The second-order valence-corrected chi connectivity index (χ2v) is 3.24. The van der Waals surface area contributed by atoms with E-state index in [1.807, 2.05) is 6.92 Å². The summed E-state index contributed by atoms with van der Waals surface area (Å²) in [6, 6.07) is 0. The van der Waals surface area contributed by atoms with Crippen molar-refractivity contribution in [2.24, 2.45) is 0 Å². The van der Waals surface area contributed by atoms with Crippen LogP contribution in [0.3, 0.4) is 0 Å². The molecule has 1 aliphatic rings. The normalized spacial score (nSPS) is 39.7. The van der Waals surface area contributed by atoms with Crippen LogP contribution in [0.1, 0.15) is 6.92 Å². The van der Waals surface area contributed by atoms with Gasteiger partial charge in [0, 0.05) is 21.3 Å². The fourth-order valence-electron chi connectivity index (χ4n) is 1.82. The highest BCUT2D eigenvalue weighted by Crippen LogP contribution is 2.25. The maximum Gasteiger partial charge on any atom is 0.114 e. The molecule has 78 valence electrons. The third kappa shape index (κ3) is 2.20. The summed E-state index contributed by atoms with van der Waals surface area (Å²) >= 11 is 0. The molecule has 0 aromatic carbocycles. The van der Waals surface area contributed by atoms with E-state index in [4.69, 9.17) is 18.9 Å². The van der Waals surface area contributed by atoms with Crippen molar-refractivity contribution >= 4 is 0 Å². The van der Waals surface area contributed by atoms with Gasteiger partial charge < -0.3 is 18.9 Å². The van der Waals surface area contributed by atoms with Crippen LogP contribution in [0, 0.1) is 0 Å². The Balaban J connectivity index is 2.57. The Labute approximate surface area is 79.1 Å². The van der Waals surface area contributed by atoms with Crippen molar-refractivity contribution in [1.82, 2.24) is 0 Å². The van der Waals surface area contributed by atoms with Gasteiger partial charge in [0.15, 0.2) is 0 Å². The zero-order valence-corrected chi connectivity index (χ0v) is 8.65. The molecule has 1 rings (SSSR count). The van der Waals surface area contributed by atoms with E-state index in [1.54, 1.807) is 21.3 Å². The summed E-state index contributed by atoms with van der Waals surface area (Å²) in [4.78, 5) is 0. The standard InChI is InChI=1S/C9H18O4/c1-6-8(11-3)9(12-4)7(13-6)5-10-2/h6-9H,5H2,1-4H3/t6-,7?,8-,9+/m0/s1. The van der Waals surface area contributed by atoms with Gasteiger partial charge in [0.05, 0.1) is 12.7 Å². The molecule has 4 heteroatoms. The molecule has 1 saturated heterocycles. The number of hydrogen-bond acceptors (Lipinski definition) is 4. The van der Waals surface area contributed by atoms with E-state index in [2.05, 4.69) is 0 Å². The van der Waals surface area contributed by atoms with Crippen molar-refractivity contribution < 1.29 is 18.9 Å². The van der Waals surface area contributed by atoms with E-state index in [0.717, 1.165) is 0 Å². The first-order valence-electron chi connectivity index (χ1n) is 4.44. The Morgan fingerprint density at radius 3 is 2.15 bits per heavy atom. The number of methoxy groups -OCH3 is 3. The first-order valence-corrected chi connectivity index (χ1v) is 4.44. The highest BCUT2D eigenvalue weighted by atomic mass is 16.6.